The van der Waals surface area contributed by atoms with Gasteiger partial charge in [-0.15, -0.1) is 0 Å². The minimum absolute atomic E-state index is 0.0322. The van der Waals surface area contributed by atoms with E-state index < -0.39 is 0 Å². The molecule has 0 saturated heterocycles. The molecule has 3 N–H and O–H groups in total. The minimum Gasteiger partial charge on any atom is -0.388 e. The molecule has 0 aliphatic heterocycles. The van der Waals surface area contributed by atoms with E-state index in [1.807, 2.05) is 32.6 Å². The molecule has 0 aromatic rings. The number of amides is 1. The van der Waals surface area contributed by atoms with E-state index in [-0.39, 0.29) is 17.7 Å². The zero-order chi connectivity index (χ0) is 22.0. The van der Waals surface area contributed by atoms with Crippen LogP contribution in [0, 0.1) is 11.3 Å². The van der Waals surface area contributed by atoms with Crippen molar-refractivity contribution in [1.82, 2.24) is 4.90 Å². The van der Waals surface area contributed by atoms with Crippen LogP contribution in [0.4, 0.5) is 0 Å². The third kappa shape index (κ3) is 16.7. The Morgan fingerprint density at radius 3 is 1.96 bits per heavy atom. The first-order valence-corrected chi connectivity index (χ1v) is 11.1. The molecule has 0 aliphatic carbocycles. The molecule has 27 heavy (non-hydrogen) atoms. The highest BCUT2D eigenvalue weighted by atomic mass is 32.2. The van der Waals surface area contributed by atoms with Crippen molar-refractivity contribution in [2.45, 2.75) is 88.0 Å². The molecule has 0 aliphatic rings. The summed E-state index contributed by atoms with van der Waals surface area (Å²) in [6, 6.07) is 0. The van der Waals surface area contributed by atoms with Crippen LogP contribution in [-0.4, -0.2) is 29.7 Å². The largest absolute Gasteiger partial charge is 0.388 e. The molecule has 5 heteroatoms. The first-order chi connectivity index (χ1) is 12.6. The maximum Gasteiger partial charge on any atom is 0.229 e. The summed E-state index contributed by atoms with van der Waals surface area (Å²) >= 11 is 1.73. The number of allylic oxidation sites excluding steroid dienone is 2. The molecule has 0 heterocycles. The first kappa shape index (κ1) is 30.5. The Hall–Kier alpha value is -1.23. The monoisotopic (exact) mass is 399 g/mol. The van der Waals surface area contributed by atoms with Crippen LogP contribution in [0.15, 0.2) is 22.0 Å². The van der Waals surface area contributed by atoms with E-state index >= 15 is 0 Å². The fraction of sp³-hybridized carbons (Fsp3) is 0.727. The maximum absolute atomic E-state index is 12.7. The molecule has 1 unspecified atom stereocenters. The lowest BCUT2D eigenvalue weighted by Crippen LogP contribution is -2.36. The van der Waals surface area contributed by atoms with Crippen molar-refractivity contribution in [3.63, 3.8) is 0 Å². The van der Waals surface area contributed by atoms with E-state index in [4.69, 9.17) is 11.1 Å². The van der Waals surface area contributed by atoms with E-state index in [2.05, 4.69) is 34.3 Å². The van der Waals surface area contributed by atoms with E-state index in [1.165, 1.54) is 17.4 Å². The molecule has 0 fully saturated rings. The molecule has 1 amide bonds. The quantitative estimate of drug-likeness (QED) is 0.322. The van der Waals surface area contributed by atoms with E-state index in [0.717, 1.165) is 43.7 Å². The van der Waals surface area contributed by atoms with Crippen molar-refractivity contribution < 1.29 is 4.79 Å². The second-order valence-corrected chi connectivity index (χ2v) is 7.73. The first-order valence-electron chi connectivity index (χ1n) is 10.2. The maximum atomic E-state index is 12.7. The van der Waals surface area contributed by atoms with Gasteiger partial charge in [0.1, 0.15) is 0 Å². The van der Waals surface area contributed by atoms with Crippen molar-refractivity contribution in [2.24, 2.45) is 11.7 Å². The van der Waals surface area contributed by atoms with Crippen LogP contribution in [0.5, 0.6) is 0 Å². The smallest absolute Gasteiger partial charge is 0.229 e. The highest BCUT2D eigenvalue weighted by Gasteiger charge is 2.22. The van der Waals surface area contributed by atoms with Crippen LogP contribution in [0.1, 0.15) is 88.0 Å². The summed E-state index contributed by atoms with van der Waals surface area (Å²) < 4.78 is 0. The van der Waals surface area contributed by atoms with E-state index in [0.29, 0.717) is 0 Å². The number of carbonyl (C=O) groups is 1. The summed E-state index contributed by atoms with van der Waals surface area (Å²) in [6.07, 6.45) is 4.33. The Bertz CT molecular complexity index is 454. The fourth-order valence-electron chi connectivity index (χ4n) is 2.24. The molecule has 0 aromatic heterocycles. The lowest BCUT2D eigenvalue weighted by Gasteiger charge is -2.26. The van der Waals surface area contributed by atoms with Crippen LogP contribution in [0.2, 0.25) is 0 Å². The zero-order valence-electron chi connectivity index (χ0n) is 19.4. The lowest BCUT2D eigenvalue weighted by atomic mass is 9.99. The number of nitrogens with two attached hydrogens (primary N) is 1. The van der Waals surface area contributed by atoms with Gasteiger partial charge in [0.2, 0.25) is 5.91 Å². The van der Waals surface area contributed by atoms with Gasteiger partial charge in [0.15, 0.2) is 0 Å². The van der Waals surface area contributed by atoms with E-state index in [1.54, 1.807) is 11.8 Å². The van der Waals surface area contributed by atoms with Gasteiger partial charge in [0, 0.05) is 13.1 Å². The Kier molecular flexibility index (Phi) is 22.1. The van der Waals surface area contributed by atoms with Crippen molar-refractivity contribution in [3.05, 3.63) is 22.0 Å². The molecule has 1 atom stereocenters. The number of hydrogen-bond acceptors (Lipinski definition) is 3. The molecule has 0 rings (SSSR count). The highest BCUT2D eigenvalue weighted by molar-refractivity contribution is 8.06. The SMILES string of the molecule is C=C(C)S/C(CCC)=C(\C)C(C)C(=O)N(CC)CCCC.CC.CC(=N)N. The molecule has 0 aromatic carbocycles. The molecule has 0 saturated carbocycles. The average Bonchev–Trinajstić information content (AvgIpc) is 2.61. The summed E-state index contributed by atoms with van der Waals surface area (Å²) in [6.45, 7) is 23.8. The summed E-state index contributed by atoms with van der Waals surface area (Å²) in [5.41, 5.74) is 5.91. The Morgan fingerprint density at radius 1 is 1.15 bits per heavy atom. The molecule has 160 valence electrons. The van der Waals surface area contributed by atoms with Gasteiger partial charge in [-0.3, -0.25) is 10.2 Å². The molecule has 4 nitrogen and oxygen atoms in total. The minimum atomic E-state index is -0.0322. The van der Waals surface area contributed by atoms with Gasteiger partial charge in [-0.2, -0.15) is 0 Å². The summed E-state index contributed by atoms with van der Waals surface area (Å²) in [5, 5.41) is 6.28. The van der Waals surface area contributed by atoms with Gasteiger partial charge in [0.05, 0.1) is 11.8 Å². The Labute approximate surface area is 173 Å². The van der Waals surface area contributed by atoms with Crippen LogP contribution in [0.25, 0.3) is 0 Å². The molecule has 0 spiro atoms. The number of unbranched alkanes of at least 4 members (excludes halogenated alkanes) is 1. The lowest BCUT2D eigenvalue weighted by molar-refractivity contribution is -0.133. The average molecular weight is 400 g/mol. The summed E-state index contributed by atoms with van der Waals surface area (Å²) in [5.74, 6) is 0.398. The van der Waals surface area contributed by atoms with Crippen LogP contribution >= 0.6 is 11.8 Å². The van der Waals surface area contributed by atoms with Gasteiger partial charge >= 0.3 is 0 Å². The van der Waals surface area contributed by atoms with Crippen molar-refractivity contribution in [1.29, 1.82) is 5.41 Å². The van der Waals surface area contributed by atoms with Crippen LogP contribution in [-0.2, 0) is 4.79 Å². The van der Waals surface area contributed by atoms with Gasteiger partial charge in [-0.25, -0.2) is 0 Å². The topological polar surface area (TPSA) is 70.2 Å². The van der Waals surface area contributed by atoms with Crippen molar-refractivity contribution in [3.8, 4) is 0 Å². The summed E-state index contributed by atoms with van der Waals surface area (Å²) in [4.78, 5) is 17.1. The molecular weight excluding hydrogens is 354 g/mol. The second-order valence-electron chi connectivity index (χ2n) is 6.34. The van der Waals surface area contributed by atoms with Crippen LogP contribution in [0.3, 0.4) is 0 Å². The molecular formula is C22H45N3OS. The van der Waals surface area contributed by atoms with Crippen LogP contribution < -0.4 is 5.73 Å². The standard InChI is InChI=1S/C18H33NOS.C2H6N2.C2H6/c1-8-11-13-19(10-3)18(20)16(7)15(6)17(12-9-2)21-14(4)5;1-2(3)4;1-2/h16H,4,8-13H2,1-3,5-7H3;1H3,(H3,3,4);1-2H3/b17-15+;;. The fourth-order valence-corrected chi connectivity index (χ4v) is 3.30. The predicted octanol–water partition coefficient (Wildman–Crippen LogP) is 6.58. The number of rotatable bonds is 10. The molecule has 0 radical (unpaired) electrons. The van der Waals surface area contributed by atoms with Gasteiger partial charge in [-0.05, 0) is 57.3 Å². The van der Waals surface area contributed by atoms with Gasteiger partial charge in [-0.1, -0.05) is 64.5 Å². The highest BCUT2D eigenvalue weighted by Crippen LogP contribution is 2.33. The van der Waals surface area contributed by atoms with E-state index in [9.17, 15) is 4.79 Å². The van der Waals surface area contributed by atoms with Crippen molar-refractivity contribution >= 4 is 23.5 Å². The predicted molar refractivity (Wildman–Crippen MR) is 125 cm³/mol. The number of nitrogens with zero attached hydrogens (tertiary/aromatic N) is 1. The third-order valence-corrected chi connectivity index (χ3v) is 4.83. The Balaban J connectivity index is -0.000000841. The van der Waals surface area contributed by atoms with Crippen molar-refractivity contribution in [2.75, 3.05) is 13.1 Å². The number of thioether (sulfide) groups is 1. The second kappa shape index (κ2) is 19.5. The molecule has 0 bridgehead atoms. The normalized spacial score (nSPS) is 11.7. The third-order valence-electron chi connectivity index (χ3n) is 3.71. The zero-order valence-corrected chi connectivity index (χ0v) is 20.2. The number of amidine groups is 1. The van der Waals surface area contributed by atoms with Gasteiger partial charge < -0.3 is 10.6 Å². The number of hydrogen-bond donors (Lipinski definition) is 2. The number of nitrogens with one attached hydrogen (secondary N) is 1. The Morgan fingerprint density at radius 2 is 1.63 bits per heavy atom. The number of carbonyl (C=O) groups excluding carboxylic acids is 1. The summed E-state index contributed by atoms with van der Waals surface area (Å²) in [7, 11) is 0. The van der Waals surface area contributed by atoms with Gasteiger partial charge in [0.25, 0.3) is 0 Å².